The van der Waals surface area contributed by atoms with Crippen LogP contribution in [0.1, 0.15) is 30.0 Å². The van der Waals surface area contributed by atoms with E-state index in [1.165, 1.54) is 6.33 Å². The Morgan fingerprint density at radius 3 is 2.94 bits per heavy atom. The number of aryl methyl sites for hydroxylation is 1. The number of pyridine rings is 1. The van der Waals surface area contributed by atoms with Crippen molar-refractivity contribution in [3.63, 3.8) is 0 Å². The minimum Gasteiger partial charge on any atom is -0.355 e. The molecule has 1 saturated heterocycles. The van der Waals surface area contributed by atoms with Crippen LogP contribution in [-0.4, -0.2) is 57.0 Å². The Morgan fingerprint density at radius 2 is 2.11 bits per heavy atom. The van der Waals surface area contributed by atoms with Gasteiger partial charge in [0.1, 0.15) is 29.4 Å². The van der Waals surface area contributed by atoms with Crippen molar-refractivity contribution in [1.82, 2.24) is 29.7 Å². The molecule has 2 atom stereocenters. The van der Waals surface area contributed by atoms with E-state index in [9.17, 15) is 18.9 Å². The number of hydrogen-bond acceptors (Lipinski definition) is 9. The van der Waals surface area contributed by atoms with Gasteiger partial charge in [-0.3, -0.25) is 4.68 Å². The first-order valence-electron chi connectivity index (χ1n) is 11.6. The van der Waals surface area contributed by atoms with Gasteiger partial charge in [0.15, 0.2) is 9.84 Å². The van der Waals surface area contributed by atoms with Crippen molar-refractivity contribution in [2.75, 3.05) is 23.7 Å². The first-order chi connectivity index (χ1) is 17.5. The highest BCUT2D eigenvalue weighted by Crippen LogP contribution is 2.38. The van der Waals surface area contributed by atoms with Crippen molar-refractivity contribution in [3.8, 4) is 23.4 Å². The zero-order valence-corrected chi connectivity index (χ0v) is 20.0. The Kier molecular flexibility index (Phi) is 5.20. The zero-order valence-electron chi connectivity index (χ0n) is 19.2. The first-order valence-corrected chi connectivity index (χ1v) is 13.2. The summed E-state index contributed by atoms with van der Waals surface area (Å²) < 4.78 is 27.0. The molecular weight excluding hydrogens is 478 g/mol. The highest BCUT2D eigenvalue weighted by atomic mass is 32.2. The maximum Gasteiger partial charge on any atom is 0.180 e. The van der Waals surface area contributed by atoms with Gasteiger partial charge < -0.3 is 9.88 Å². The van der Waals surface area contributed by atoms with Crippen molar-refractivity contribution >= 4 is 26.7 Å². The molecule has 0 amide bonds. The molecule has 0 saturated carbocycles. The summed E-state index contributed by atoms with van der Waals surface area (Å²) in [5.41, 5.74) is 3.07. The fourth-order valence-corrected chi connectivity index (χ4v) is 7.05. The highest BCUT2D eigenvalue weighted by Gasteiger charge is 2.37. The maximum absolute atomic E-state index is 12.6. The molecule has 6 rings (SSSR count). The smallest absolute Gasteiger partial charge is 0.180 e. The van der Waals surface area contributed by atoms with Crippen molar-refractivity contribution < 1.29 is 8.42 Å². The predicted octanol–water partition coefficient (Wildman–Crippen LogP) is 2.40. The van der Waals surface area contributed by atoms with E-state index in [-0.39, 0.29) is 34.6 Å². The number of rotatable bonds is 5. The fraction of sp³-hybridized carbons (Fsp3) is 0.333. The molecule has 11 nitrogen and oxygen atoms in total. The van der Waals surface area contributed by atoms with Gasteiger partial charge in [0, 0.05) is 48.5 Å². The Bertz CT molecular complexity index is 1680. The molecule has 1 fully saturated rings. The second kappa shape index (κ2) is 8.43. The number of sulfone groups is 1. The molecule has 0 spiro atoms. The second-order valence-corrected chi connectivity index (χ2v) is 11.1. The third kappa shape index (κ3) is 3.49. The topological polar surface area (TPSA) is 157 Å². The number of hydrogen-bond donors (Lipinski definition) is 1. The van der Waals surface area contributed by atoms with Crippen LogP contribution >= 0.6 is 0 Å². The summed E-state index contributed by atoms with van der Waals surface area (Å²) in [5, 5.41) is 24.9. The van der Waals surface area contributed by atoms with Crippen LogP contribution in [0.25, 0.3) is 22.3 Å². The molecule has 2 aliphatic rings. The predicted molar refractivity (Wildman–Crippen MR) is 129 cm³/mol. The molecule has 2 unspecified atom stereocenters. The summed E-state index contributed by atoms with van der Waals surface area (Å²) >= 11 is 0. The lowest BCUT2D eigenvalue weighted by Crippen LogP contribution is -2.26. The second-order valence-electron chi connectivity index (χ2n) is 9.09. The number of fused-ring (bicyclic) bond motifs is 2. The Balaban J connectivity index is 1.30. The van der Waals surface area contributed by atoms with Gasteiger partial charge in [-0.25, -0.2) is 23.4 Å². The van der Waals surface area contributed by atoms with Gasteiger partial charge in [-0.15, -0.1) is 0 Å². The van der Waals surface area contributed by atoms with Crippen LogP contribution in [0.5, 0.6) is 0 Å². The van der Waals surface area contributed by atoms with Gasteiger partial charge in [0.05, 0.1) is 41.1 Å². The Hall–Kier alpha value is -4.29. The summed E-state index contributed by atoms with van der Waals surface area (Å²) in [7, 11) is -3.48. The first kappa shape index (κ1) is 22.2. The number of nitrogens with one attached hydrogen (secondary N) is 1. The molecule has 6 heterocycles. The normalized spacial score (nSPS) is 19.2. The van der Waals surface area contributed by atoms with Crippen LogP contribution in [0.15, 0.2) is 42.1 Å². The molecule has 4 aromatic heterocycles. The standard InChI is InChI=1S/C24H21N9O2S/c25-5-1-20(33-13-17(11-31-33)21-18-2-6-27-23(18)30-14-29-21)16-3-7-32(12-16)24-19(9-26)22-15(10-28-24)4-8-36(22,34)35/h2,6,10-11,13-14,16,20H,1,3-4,7-8,12H2,(H,27,29,30). The summed E-state index contributed by atoms with van der Waals surface area (Å²) in [5.74, 6) is 0.475. The monoisotopic (exact) mass is 499 g/mol. The van der Waals surface area contributed by atoms with Crippen LogP contribution in [0.4, 0.5) is 5.82 Å². The summed E-state index contributed by atoms with van der Waals surface area (Å²) in [6.07, 6.45) is 9.95. The van der Waals surface area contributed by atoms with Crippen molar-refractivity contribution in [3.05, 3.63) is 48.3 Å². The van der Waals surface area contributed by atoms with Gasteiger partial charge in [-0.2, -0.15) is 15.6 Å². The van der Waals surface area contributed by atoms with E-state index in [1.54, 1.807) is 12.4 Å². The molecular formula is C24H21N9O2S. The van der Waals surface area contributed by atoms with Crippen LogP contribution in [0.3, 0.4) is 0 Å². The third-order valence-electron chi connectivity index (χ3n) is 7.09. The van der Waals surface area contributed by atoms with E-state index < -0.39 is 9.84 Å². The van der Waals surface area contributed by atoms with Gasteiger partial charge in [-0.05, 0) is 24.5 Å². The molecule has 36 heavy (non-hydrogen) atoms. The SMILES string of the molecule is N#CCC(C1CCN(c2ncc3c(c2C#N)S(=O)(=O)CC3)C1)n1cc(-c2ncnc3[nH]ccc23)cn1. The van der Waals surface area contributed by atoms with Gasteiger partial charge in [0.2, 0.25) is 0 Å². The van der Waals surface area contributed by atoms with E-state index in [2.05, 4.69) is 37.2 Å². The van der Waals surface area contributed by atoms with E-state index in [0.717, 1.165) is 28.7 Å². The molecule has 180 valence electrons. The van der Waals surface area contributed by atoms with E-state index in [4.69, 9.17) is 0 Å². The highest BCUT2D eigenvalue weighted by molar-refractivity contribution is 7.91. The van der Waals surface area contributed by atoms with E-state index in [0.29, 0.717) is 30.9 Å². The molecule has 0 aliphatic carbocycles. The molecule has 0 aromatic carbocycles. The fourth-order valence-electron chi connectivity index (χ4n) is 5.35. The van der Waals surface area contributed by atoms with Crippen molar-refractivity contribution in [2.45, 2.75) is 30.2 Å². The lowest BCUT2D eigenvalue weighted by molar-refractivity contribution is 0.332. The Morgan fingerprint density at radius 1 is 1.22 bits per heavy atom. The van der Waals surface area contributed by atoms with Crippen LogP contribution in [0, 0.1) is 28.6 Å². The maximum atomic E-state index is 12.6. The Labute approximate surface area is 207 Å². The molecule has 12 heteroatoms. The number of H-pyrrole nitrogens is 1. The van der Waals surface area contributed by atoms with E-state index in [1.807, 2.05) is 28.0 Å². The summed E-state index contributed by atoms with van der Waals surface area (Å²) in [6.45, 7) is 1.15. The average molecular weight is 500 g/mol. The van der Waals surface area contributed by atoms with Crippen molar-refractivity contribution in [2.24, 2.45) is 5.92 Å². The molecule has 1 N–H and O–H groups in total. The number of aromatic nitrogens is 6. The number of anilines is 1. The summed E-state index contributed by atoms with van der Waals surface area (Å²) in [4.78, 5) is 18.3. The van der Waals surface area contributed by atoms with Gasteiger partial charge in [-0.1, -0.05) is 0 Å². The molecule has 2 aliphatic heterocycles. The summed E-state index contributed by atoms with van der Waals surface area (Å²) in [6, 6.07) is 6.10. The van der Waals surface area contributed by atoms with Gasteiger partial charge in [0.25, 0.3) is 0 Å². The lowest BCUT2D eigenvalue weighted by atomic mass is 9.96. The molecule has 0 radical (unpaired) electrons. The zero-order chi connectivity index (χ0) is 24.9. The van der Waals surface area contributed by atoms with Crippen LogP contribution in [-0.2, 0) is 16.3 Å². The third-order valence-corrected chi connectivity index (χ3v) is 8.92. The lowest BCUT2D eigenvalue weighted by Gasteiger charge is -2.23. The van der Waals surface area contributed by atoms with Gasteiger partial charge >= 0.3 is 0 Å². The largest absolute Gasteiger partial charge is 0.355 e. The number of nitrogens with zero attached hydrogens (tertiary/aromatic N) is 8. The number of nitriles is 2. The molecule has 4 aromatic rings. The average Bonchev–Trinajstić information content (AvgIpc) is 3.68. The van der Waals surface area contributed by atoms with Crippen LogP contribution < -0.4 is 4.90 Å². The van der Waals surface area contributed by atoms with E-state index >= 15 is 0 Å². The van der Waals surface area contributed by atoms with Crippen LogP contribution in [0.2, 0.25) is 0 Å². The molecule has 0 bridgehead atoms. The minimum absolute atomic E-state index is 0.0119. The minimum atomic E-state index is -3.48. The number of aromatic amines is 1. The quantitative estimate of drug-likeness (QED) is 0.435. The van der Waals surface area contributed by atoms with Crippen molar-refractivity contribution in [1.29, 1.82) is 10.5 Å².